The van der Waals surface area contributed by atoms with Crippen LogP contribution in [0.5, 0.6) is 0 Å². The molecule has 22 heavy (non-hydrogen) atoms. The highest BCUT2D eigenvalue weighted by Crippen LogP contribution is 2.18. The molecule has 110 valence electrons. The lowest BCUT2D eigenvalue weighted by Crippen LogP contribution is -2.16. The average molecular weight is 295 g/mol. The number of fused-ring (bicyclic) bond motifs is 1. The molecule has 3 rings (SSSR count). The summed E-state index contributed by atoms with van der Waals surface area (Å²) in [5.41, 5.74) is 7.27. The zero-order chi connectivity index (χ0) is 15.5. The van der Waals surface area contributed by atoms with E-state index in [0.29, 0.717) is 22.5 Å². The standard InChI is InChI=1S/C16H13N3O3/c17-16(21)10-4-3-5-11(8-10)18-15(20)9-13-12-6-1-2-7-14(12)22-19-13/h1-8H,9H2,(H2,17,21)(H,18,20). The lowest BCUT2D eigenvalue weighted by Gasteiger charge is -2.05. The highest BCUT2D eigenvalue weighted by Gasteiger charge is 2.12. The van der Waals surface area contributed by atoms with Gasteiger partial charge in [-0.05, 0) is 30.3 Å². The van der Waals surface area contributed by atoms with Crippen LogP contribution in [-0.4, -0.2) is 17.0 Å². The first kappa shape index (κ1) is 13.8. The Morgan fingerprint density at radius 2 is 1.95 bits per heavy atom. The fraction of sp³-hybridized carbons (Fsp3) is 0.0625. The zero-order valence-electron chi connectivity index (χ0n) is 11.6. The Kier molecular flexibility index (Phi) is 3.57. The van der Waals surface area contributed by atoms with Crippen LogP contribution in [0.25, 0.3) is 11.0 Å². The minimum atomic E-state index is -0.543. The molecule has 3 aromatic rings. The number of rotatable bonds is 4. The van der Waals surface area contributed by atoms with E-state index in [9.17, 15) is 9.59 Å². The molecule has 0 atom stereocenters. The summed E-state index contributed by atoms with van der Waals surface area (Å²) in [7, 11) is 0. The first-order chi connectivity index (χ1) is 10.6. The van der Waals surface area contributed by atoms with E-state index >= 15 is 0 Å². The van der Waals surface area contributed by atoms with Crippen molar-refractivity contribution in [2.45, 2.75) is 6.42 Å². The van der Waals surface area contributed by atoms with Crippen LogP contribution in [0.1, 0.15) is 16.1 Å². The third-order valence-electron chi connectivity index (χ3n) is 3.21. The molecule has 6 nitrogen and oxygen atoms in total. The van der Waals surface area contributed by atoms with Gasteiger partial charge in [-0.15, -0.1) is 0 Å². The van der Waals surface area contributed by atoms with Crippen LogP contribution in [0.2, 0.25) is 0 Å². The molecule has 2 aromatic carbocycles. The van der Waals surface area contributed by atoms with Crippen molar-refractivity contribution in [3.63, 3.8) is 0 Å². The Hall–Kier alpha value is -3.15. The summed E-state index contributed by atoms with van der Waals surface area (Å²) < 4.78 is 5.16. The lowest BCUT2D eigenvalue weighted by atomic mass is 10.1. The summed E-state index contributed by atoms with van der Waals surface area (Å²) in [6.07, 6.45) is 0.0812. The molecule has 0 radical (unpaired) electrons. The monoisotopic (exact) mass is 295 g/mol. The van der Waals surface area contributed by atoms with Gasteiger partial charge in [0, 0.05) is 16.6 Å². The number of amides is 2. The summed E-state index contributed by atoms with van der Waals surface area (Å²) in [6, 6.07) is 13.8. The highest BCUT2D eigenvalue weighted by atomic mass is 16.5. The number of carbonyl (C=O) groups excluding carboxylic acids is 2. The summed E-state index contributed by atoms with van der Waals surface area (Å²) in [5.74, 6) is -0.792. The normalized spacial score (nSPS) is 10.5. The predicted molar refractivity (Wildman–Crippen MR) is 81.3 cm³/mol. The first-order valence-electron chi connectivity index (χ1n) is 6.66. The molecule has 1 aromatic heterocycles. The number of primary amides is 1. The molecule has 1 heterocycles. The molecule has 0 unspecified atom stereocenters. The minimum Gasteiger partial charge on any atom is -0.366 e. The molecule has 0 saturated heterocycles. The van der Waals surface area contributed by atoms with Crippen LogP contribution in [-0.2, 0) is 11.2 Å². The van der Waals surface area contributed by atoms with Crippen LogP contribution >= 0.6 is 0 Å². The lowest BCUT2D eigenvalue weighted by molar-refractivity contribution is -0.115. The number of nitrogens with one attached hydrogen (secondary N) is 1. The fourth-order valence-corrected chi connectivity index (χ4v) is 2.17. The van der Waals surface area contributed by atoms with Crippen molar-refractivity contribution in [3.8, 4) is 0 Å². The summed E-state index contributed by atoms with van der Waals surface area (Å²) in [6.45, 7) is 0. The predicted octanol–water partition coefficient (Wildman–Crippen LogP) is 2.11. The van der Waals surface area contributed by atoms with Crippen LogP contribution in [0.4, 0.5) is 5.69 Å². The number of hydrogen-bond acceptors (Lipinski definition) is 4. The second kappa shape index (κ2) is 5.69. The van der Waals surface area contributed by atoms with Crippen molar-refractivity contribution in [1.29, 1.82) is 0 Å². The Morgan fingerprint density at radius 1 is 1.14 bits per heavy atom. The second-order valence-electron chi connectivity index (χ2n) is 4.80. The van der Waals surface area contributed by atoms with Gasteiger partial charge in [0.1, 0.15) is 5.69 Å². The molecule has 0 bridgehead atoms. The average Bonchev–Trinajstić information content (AvgIpc) is 2.91. The summed E-state index contributed by atoms with van der Waals surface area (Å²) in [5, 5.41) is 7.43. The van der Waals surface area contributed by atoms with Crippen molar-refractivity contribution >= 4 is 28.5 Å². The number of aromatic nitrogens is 1. The Bertz CT molecular complexity index is 854. The van der Waals surface area contributed by atoms with Crippen LogP contribution in [0, 0.1) is 0 Å². The van der Waals surface area contributed by atoms with Gasteiger partial charge in [0.15, 0.2) is 5.58 Å². The van der Waals surface area contributed by atoms with E-state index in [1.165, 1.54) is 6.07 Å². The third-order valence-corrected chi connectivity index (χ3v) is 3.21. The number of anilines is 1. The van der Waals surface area contributed by atoms with E-state index < -0.39 is 5.91 Å². The van der Waals surface area contributed by atoms with Crippen molar-refractivity contribution in [1.82, 2.24) is 5.16 Å². The Labute approximate surface area is 125 Å². The molecule has 2 amide bonds. The number of carbonyl (C=O) groups is 2. The largest absolute Gasteiger partial charge is 0.366 e. The van der Waals surface area contributed by atoms with E-state index in [2.05, 4.69) is 10.5 Å². The van der Waals surface area contributed by atoms with Gasteiger partial charge >= 0.3 is 0 Å². The maximum Gasteiger partial charge on any atom is 0.248 e. The number of benzene rings is 2. The van der Waals surface area contributed by atoms with Crippen molar-refractivity contribution < 1.29 is 14.1 Å². The molecule has 0 aliphatic carbocycles. The van der Waals surface area contributed by atoms with Crippen molar-refractivity contribution in [3.05, 3.63) is 59.8 Å². The SMILES string of the molecule is NC(=O)c1cccc(NC(=O)Cc2noc3ccccc23)c1. The number of para-hydroxylation sites is 1. The van der Waals surface area contributed by atoms with Gasteiger partial charge in [-0.1, -0.05) is 23.4 Å². The summed E-state index contributed by atoms with van der Waals surface area (Å²) >= 11 is 0. The first-order valence-corrected chi connectivity index (χ1v) is 6.66. The van der Waals surface area contributed by atoms with Gasteiger partial charge < -0.3 is 15.6 Å². The smallest absolute Gasteiger partial charge is 0.248 e. The molecular formula is C16H13N3O3. The van der Waals surface area contributed by atoms with Gasteiger partial charge in [0.05, 0.1) is 6.42 Å². The molecule has 6 heteroatoms. The molecule has 0 aliphatic rings. The maximum atomic E-state index is 12.1. The fourth-order valence-electron chi connectivity index (χ4n) is 2.17. The van der Waals surface area contributed by atoms with Gasteiger partial charge in [-0.3, -0.25) is 9.59 Å². The molecule has 0 fully saturated rings. The molecule has 3 N–H and O–H groups in total. The van der Waals surface area contributed by atoms with Crippen molar-refractivity contribution in [2.75, 3.05) is 5.32 Å². The summed E-state index contributed by atoms with van der Waals surface area (Å²) in [4.78, 5) is 23.2. The molecule has 0 spiro atoms. The van der Waals surface area contributed by atoms with Gasteiger partial charge in [-0.2, -0.15) is 0 Å². The molecule has 0 aliphatic heterocycles. The van der Waals surface area contributed by atoms with E-state index in [1.54, 1.807) is 24.3 Å². The topological polar surface area (TPSA) is 98.2 Å². The van der Waals surface area contributed by atoms with Gasteiger partial charge in [0.25, 0.3) is 0 Å². The van der Waals surface area contributed by atoms with Crippen LogP contribution in [0.15, 0.2) is 53.1 Å². The van der Waals surface area contributed by atoms with Crippen LogP contribution < -0.4 is 11.1 Å². The van der Waals surface area contributed by atoms with Gasteiger partial charge in [0.2, 0.25) is 11.8 Å². The Balaban J connectivity index is 1.75. The van der Waals surface area contributed by atoms with E-state index in [4.69, 9.17) is 10.3 Å². The molecular weight excluding hydrogens is 282 g/mol. The van der Waals surface area contributed by atoms with Gasteiger partial charge in [-0.25, -0.2) is 0 Å². The van der Waals surface area contributed by atoms with E-state index in [0.717, 1.165) is 5.39 Å². The van der Waals surface area contributed by atoms with E-state index in [-0.39, 0.29) is 12.3 Å². The number of nitrogens with two attached hydrogens (primary N) is 1. The Morgan fingerprint density at radius 3 is 2.77 bits per heavy atom. The number of nitrogens with zero attached hydrogens (tertiary/aromatic N) is 1. The second-order valence-corrected chi connectivity index (χ2v) is 4.80. The third kappa shape index (κ3) is 2.80. The van der Waals surface area contributed by atoms with Crippen molar-refractivity contribution in [2.24, 2.45) is 5.73 Å². The maximum absolute atomic E-state index is 12.1. The van der Waals surface area contributed by atoms with E-state index in [1.807, 2.05) is 18.2 Å². The quantitative estimate of drug-likeness (QED) is 0.770. The molecule has 0 saturated carbocycles. The highest BCUT2D eigenvalue weighted by molar-refractivity contribution is 5.97. The minimum absolute atomic E-state index is 0.0812. The van der Waals surface area contributed by atoms with Crippen LogP contribution in [0.3, 0.4) is 0 Å². The number of hydrogen-bond donors (Lipinski definition) is 2. The zero-order valence-corrected chi connectivity index (χ0v) is 11.6.